The van der Waals surface area contributed by atoms with Crippen LogP contribution in [0.5, 0.6) is 0 Å². The number of rotatable bonds is 12. The zero-order chi connectivity index (χ0) is 31.5. The molecule has 2 saturated carbocycles. The lowest BCUT2D eigenvalue weighted by molar-refractivity contribution is -0.136. The van der Waals surface area contributed by atoms with Crippen molar-refractivity contribution in [2.45, 2.75) is 72.6 Å². The van der Waals surface area contributed by atoms with Crippen molar-refractivity contribution in [2.24, 2.45) is 23.7 Å². The van der Waals surface area contributed by atoms with Crippen LogP contribution in [0, 0.1) is 37.5 Å². The van der Waals surface area contributed by atoms with E-state index in [-0.39, 0.29) is 11.8 Å². The van der Waals surface area contributed by atoms with Crippen LogP contribution in [0.4, 0.5) is 10.5 Å². The van der Waals surface area contributed by atoms with E-state index >= 15 is 0 Å². The fourth-order valence-corrected chi connectivity index (χ4v) is 6.11. The number of ether oxygens (including phenoxy) is 2. The van der Waals surface area contributed by atoms with E-state index in [2.05, 4.69) is 34.9 Å². The van der Waals surface area contributed by atoms with E-state index in [0.717, 1.165) is 54.0 Å². The number of nitrogens with one attached hydrogen (secondary N) is 3. The minimum Gasteiger partial charge on any atom is -0.443 e. The van der Waals surface area contributed by atoms with E-state index in [1.54, 1.807) is 20.8 Å². The van der Waals surface area contributed by atoms with Crippen molar-refractivity contribution < 1.29 is 23.9 Å². The van der Waals surface area contributed by atoms with E-state index in [1.807, 2.05) is 42.8 Å². The molecule has 11 heteroatoms. The van der Waals surface area contributed by atoms with Gasteiger partial charge in [-0.2, -0.15) is 5.10 Å². The molecule has 0 radical (unpaired) electrons. The highest BCUT2D eigenvalue weighted by atomic mass is 32.3. The Morgan fingerprint density at radius 3 is 2.12 bits per heavy atom. The van der Waals surface area contributed by atoms with E-state index < -0.39 is 33.5 Å². The van der Waals surface area contributed by atoms with Gasteiger partial charge in [-0.1, -0.05) is 12.1 Å². The molecule has 1 unspecified atom stereocenters. The number of carbonyl (C=O) groups excluding carboxylic acids is 3. The smallest absolute Gasteiger partial charge is 0.426 e. The monoisotopic (exact) mass is 615 g/mol. The molecule has 0 spiro atoms. The quantitative estimate of drug-likeness (QED) is 0.167. The lowest BCUT2D eigenvalue weighted by Gasteiger charge is -2.26. The molecule has 1 aromatic heterocycles. The van der Waals surface area contributed by atoms with Gasteiger partial charge < -0.3 is 14.8 Å². The molecular formula is C32H49N5O5S. The summed E-state index contributed by atoms with van der Waals surface area (Å²) in [6, 6.07) is 7.62. The van der Waals surface area contributed by atoms with Gasteiger partial charge in [-0.15, -0.1) is 0 Å². The van der Waals surface area contributed by atoms with Gasteiger partial charge in [0, 0.05) is 22.7 Å². The molecule has 0 saturated heterocycles. The van der Waals surface area contributed by atoms with E-state index in [4.69, 9.17) is 14.6 Å². The third kappa shape index (κ3) is 9.47. The van der Waals surface area contributed by atoms with Gasteiger partial charge in [-0.3, -0.25) is 15.0 Å². The molecule has 1 atom stereocenters. The fraction of sp³-hybridized carbons (Fsp3) is 0.625. The van der Waals surface area contributed by atoms with Crippen molar-refractivity contribution in [3.63, 3.8) is 0 Å². The van der Waals surface area contributed by atoms with Crippen LogP contribution >= 0.6 is 10.0 Å². The van der Waals surface area contributed by atoms with Crippen LogP contribution in [-0.2, 0) is 25.8 Å². The molecule has 0 bridgehead atoms. The standard InChI is InChI=1S/C32H49N5O5S/c1-20-26(21(2)37(36-20)19-41-17-18-43(6,7)8)22-13-15-25(16-14-22)33-29(38)28(27(23-9-10-23)24-11-12-24)30(39)34-35-31(40)42-32(3,4)5/h13-16,23-24,27-28H,9-12,17-19H2,1-8H3,(H,33,38)(H,34,39)(H,35,40). The average molecular weight is 616 g/mol. The van der Waals surface area contributed by atoms with Crippen molar-refractivity contribution in [3.8, 4) is 11.1 Å². The van der Waals surface area contributed by atoms with Crippen molar-refractivity contribution >= 4 is 33.6 Å². The van der Waals surface area contributed by atoms with Crippen molar-refractivity contribution in [1.82, 2.24) is 20.6 Å². The molecule has 2 fully saturated rings. The molecule has 4 rings (SSSR count). The first-order chi connectivity index (χ1) is 20.1. The average Bonchev–Trinajstić information content (AvgIpc) is 3.82. The van der Waals surface area contributed by atoms with Crippen LogP contribution in [0.1, 0.15) is 57.8 Å². The molecule has 3 amide bonds. The topological polar surface area (TPSA) is 124 Å². The van der Waals surface area contributed by atoms with Crippen LogP contribution in [0.15, 0.2) is 24.3 Å². The number of carbonyl (C=O) groups is 3. The highest BCUT2D eigenvalue weighted by Crippen LogP contribution is 2.52. The van der Waals surface area contributed by atoms with Crippen molar-refractivity contribution in [3.05, 3.63) is 35.7 Å². The summed E-state index contributed by atoms with van der Waals surface area (Å²) < 4.78 is 13.0. The summed E-state index contributed by atoms with van der Waals surface area (Å²) in [7, 11) is -0.606. The number of aryl methyl sites for hydroxylation is 1. The summed E-state index contributed by atoms with van der Waals surface area (Å²) >= 11 is 0. The molecule has 0 aliphatic heterocycles. The van der Waals surface area contributed by atoms with Gasteiger partial charge in [0.15, 0.2) is 0 Å². The Morgan fingerprint density at radius 2 is 1.58 bits per heavy atom. The summed E-state index contributed by atoms with van der Waals surface area (Å²) in [6.45, 7) is 10.4. The van der Waals surface area contributed by atoms with E-state index in [1.165, 1.54) is 0 Å². The van der Waals surface area contributed by atoms with E-state index in [9.17, 15) is 14.4 Å². The Balaban J connectivity index is 1.43. The summed E-state index contributed by atoms with van der Waals surface area (Å²) in [5, 5.41) is 7.66. The summed E-state index contributed by atoms with van der Waals surface area (Å²) in [5.74, 6) is -0.113. The van der Waals surface area contributed by atoms with Gasteiger partial charge in [0.2, 0.25) is 5.91 Å². The Morgan fingerprint density at radius 1 is 0.977 bits per heavy atom. The number of aromatic nitrogens is 2. The lowest BCUT2D eigenvalue weighted by Crippen LogP contribution is -2.51. The maximum absolute atomic E-state index is 13.6. The van der Waals surface area contributed by atoms with Crippen LogP contribution in [0.3, 0.4) is 0 Å². The Bertz CT molecular complexity index is 1290. The normalized spacial score (nSPS) is 16.5. The summed E-state index contributed by atoms with van der Waals surface area (Å²) in [5.41, 5.74) is 8.61. The lowest BCUT2D eigenvalue weighted by atomic mass is 9.82. The van der Waals surface area contributed by atoms with Gasteiger partial charge in [0.1, 0.15) is 18.2 Å². The summed E-state index contributed by atoms with van der Waals surface area (Å²) in [4.78, 5) is 39.1. The molecule has 43 heavy (non-hydrogen) atoms. The predicted octanol–water partition coefficient (Wildman–Crippen LogP) is 5.38. The molecule has 2 aromatic rings. The third-order valence-corrected chi connectivity index (χ3v) is 9.24. The zero-order valence-corrected chi connectivity index (χ0v) is 27.7. The van der Waals surface area contributed by atoms with E-state index in [0.29, 0.717) is 30.9 Å². The zero-order valence-electron chi connectivity index (χ0n) is 26.9. The molecule has 1 aromatic carbocycles. The number of hydrogen-bond donors (Lipinski definition) is 3. The number of hydrogen-bond acceptors (Lipinski definition) is 6. The minimum atomic E-state index is -0.919. The van der Waals surface area contributed by atoms with Gasteiger partial charge in [0.05, 0.1) is 12.3 Å². The summed E-state index contributed by atoms with van der Waals surface area (Å²) in [6.07, 6.45) is 10.1. The predicted molar refractivity (Wildman–Crippen MR) is 172 cm³/mol. The highest BCUT2D eigenvalue weighted by Gasteiger charge is 2.50. The first-order valence-corrected chi connectivity index (χ1v) is 18.1. The molecule has 238 valence electrons. The first kappa shape index (κ1) is 32.9. The molecule has 2 aliphatic carbocycles. The molecule has 1 heterocycles. The van der Waals surface area contributed by atoms with Gasteiger partial charge in [-0.25, -0.2) is 24.9 Å². The highest BCUT2D eigenvalue weighted by molar-refractivity contribution is 8.32. The molecular weight excluding hydrogens is 566 g/mol. The van der Waals surface area contributed by atoms with Crippen LogP contribution in [0.25, 0.3) is 11.1 Å². The fourth-order valence-electron chi connectivity index (χ4n) is 5.49. The SMILES string of the molecule is Cc1nn(COCCS(C)(C)C)c(C)c1-c1ccc(NC(=O)C(C(=O)NNC(=O)OC(C)(C)C)C(C2CC2)C2CC2)cc1. The number of nitrogens with zero attached hydrogens (tertiary/aromatic N) is 2. The number of anilines is 1. The maximum Gasteiger partial charge on any atom is 0.426 e. The molecule has 2 aliphatic rings. The Hall–Kier alpha value is -3.05. The second kappa shape index (κ2) is 13.3. The Labute approximate surface area is 257 Å². The largest absolute Gasteiger partial charge is 0.443 e. The maximum atomic E-state index is 13.6. The van der Waals surface area contributed by atoms with Crippen LogP contribution in [-0.4, -0.2) is 64.4 Å². The van der Waals surface area contributed by atoms with Crippen molar-refractivity contribution in [1.29, 1.82) is 0 Å². The van der Waals surface area contributed by atoms with Crippen molar-refractivity contribution in [2.75, 3.05) is 36.4 Å². The second-order valence-corrected chi connectivity index (χ2v) is 18.4. The number of amides is 3. The van der Waals surface area contributed by atoms with Crippen LogP contribution in [0.2, 0.25) is 0 Å². The van der Waals surface area contributed by atoms with Gasteiger partial charge >= 0.3 is 6.09 Å². The first-order valence-electron chi connectivity index (χ1n) is 15.1. The third-order valence-electron chi connectivity index (χ3n) is 7.85. The van der Waals surface area contributed by atoms with Gasteiger partial charge in [0.25, 0.3) is 5.91 Å². The van der Waals surface area contributed by atoms with Gasteiger partial charge in [-0.05, 0) is 115 Å². The van der Waals surface area contributed by atoms with Crippen LogP contribution < -0.4 is 16.2 Å². The minimum absolute atomic E-state index is 0.0529. The molecule has 10 nitrogen and oxygen atoms in total. The second-order valence-electron chi connectivity index (χ2n) is 13.8. The Kier molecular flexibility index (Phi) is 10.2. The molecule has 3 N–H and O–H groups in total. The number of hydrazine groups is 1. The number of benzene rings is 1.